The number of carbonyl (C=O) groups is 9. The van der Waals surface area contributed by atoms with Crippen molar-refractivity contribution in [2.24, 2.45) is 0 Å². The second-order valence-electron chi connectivity index (χ2n) is 24.7. The molecule has 0 saturated heterocycles. The number of imide groups is 3. The van der Waals surface area contributed by atoms with E-state index in [4.69, 9.17) is 14.2 Å². The lowest BCUT2D eigenvalue weighted by Crippen LogP contribution is -2.46. The average Bonchev–Trinajstić information content (AvgIpc) is 1.64. The largest absolute Gasteiger partial charge is 0.489 e. The van der Waals surface area contributed by atoms with E-state index in [1.807, 2.05) is 36.4 Å². The number of hydrogen-bond acceptors (Lipinski definition) is 12. The molecule has 6 aromatic rings. The quantitative estimate of drug-likeness (QED) is 0.0984. The third-order valence-corrected chi connectivity index (χ3v) is 18.8. The molecule has 3 aliphatic heterocycles. The van der Waals surface area contributed by atoms with Gasteiger partial charge in [-0.25, -0.2) is 0 Å². The van der Waals surface area contributed by atoms with Crippen LogP contribution in [0.2, 0.25) is 0 Å². The van der Waals surface area contributed by atoms with Crippen LogP contribution < -0.4 is 14.2 Å². The molecule has 0 bridgehead atoms. The number of Topliss-reactive ketones (excluding diaryl/α,β-unsaturated/α-hetero) is 3. The summed E-state index contributed by atoms with van der Waals surface area (Å²) in [5.74, 6) is -0.476. The fourth-order valence-electron chi connectivity index (χ4n) is 14.2. The van der Waals surface area contributed by atoms with Crippen LogP contribution in [0, 0.1) is 0 Å². The highest BCUT2D eigenvalue weighted by Gasteiger charge is 2.48. The molecule has 0 spiro atoms. The number of nitrogens with zero attached hydrogens (tertiary/aromatic N) is 3. The molecule has 3 heterocycles. The van der Waals surface area contributed by atoms with Crippen molar-refractivity contribution in [3.8, 4) is 28.7 Å². The topological polar surface area (TPSA) is 191 Å². The fraction of sp³-hybridized carbons (Fsp3) is 0.320. The molecule has 4 unspecified atom stereocenters. The monoisotopic (exact) mass is 1210 g/mol. The summed E-state index contributed by atoms with van der Waals surface area (Å²) in [7, 11) is 0. The van der Waals surface area contributed by atoms with Crippen LogP contribution in [0.1, 0.15) is 186 Å². The van der Waals surface area contributed by atoms with E-state index >= 15 is 0 Å². The van der Waals surface area contributed by atoms with Crippen molar-refractivity contribution in [1.82, 2.24) is 14.7 Å². The summed E-state index contributed by atoms with van der Waals surface area (Å²) in [6, 6.07) is 33.4. The van der Waals surface area contributed by atoms with E-state index in [9.17, 15) is 43.2 Å². The normalized spacial score (nSPS) is 21.5. The summed E-state index contributed by atoms with van der Waals surface area (Å²) in [4.78, 5) is 120. The van der Waals surface area contributed by atoms with Gasteiger partial charge in [-0.15, -0.1) is 0 Å². The van der Waals surface area contributed by atoms with Crippen molar-refractivity contribution in [2.45, 2.75) is 154 Å². The molecule has 3 fully saturated rings. The highest BCUT2D eigenvalue weighted by atomic mass is 16.5. The van der Waals surface area contributed by atoms with E-state index in [-0.39, 0.29) is 61.3 Å². The SMILES string of the molecule is C.C=C1CCC(N2C(=O)c3cccc(OC4CCc5ccccc5C4)c3C2=O)C(=O)C1.C=C1CCC(N2C(=O)c3cccc(Oc4ccc5c(c4)CCC5)c3C2=O)C(=O)C1.C=C1CCC(N2C(=O)c3cccc(Oc4ccc5c(c4)CCCC5)c3C2=O)C(=O)C1. The molecular weight excluding hydrogens is 1130 g/mol. The number of amides is 6. The smallest absolute Gasteiger partial charge is 0.266 e. The van der Waals surface area contributed by atoms with Gasteiger partial charge in [0.1, 0.15) is 34.9 Å². The molecule has 6 amide bonds. The number of hydrogen-bond donors (Lipinski definition) is 0. The highest BCUT2D eigenvalue weighted by Crippen LogP contribution is 2.42. The van der Waals surface area contributed by atoms with Gasteiger partial charge in [0.15, 0.2) is 17.3 Å². The van der Waals surface area contributed by atoms with Crippen LogP contribution in [0.4, 0.5) is 0 Å². The van der Waals surface area contributed by atoms with Gasteiger partial charge in [0.05, 0.1) is 51.5 Å². The Morgan fingerprint density at radius 1 is 0.356 bits per heavy atom. The van der Waals surface area contributed by atoms with E-state index in [0.29, 0.717) is 89.5 Å². The van der Waals surface area contributed by atoms with Gasteiger partial charge in [0, 0.05) is 25.7 Å². The van der Waals surface area contributed by atoms with E-state index in [1.165, 1.54) is 46.2 Å². The van der Waals surface area contributed by atoms with Crippen LogP contribution in [0.5, 0.6) is 28.7 Å². The van der Waals surface area contributed by atoms with E-state index in [0.717, 1.165) is 82.8 Å². The van der Waals surface area contributed by atoms with Gasteiger partial charge in [-0.3, -0.25) is 57.9 Å². The van der Waals surface area contributed by atoms with Gasteiger partial charge >= 0.3 is 0 Å². The molecule has 458 valence electrons. The Morgan fingerprint density at radius 3 is 1.18 bits per heavy atom. The van der Waals surface area contributed by atoms with E-state index in [1.54, 1.807) is 54.6 Å². The summed E-state index contributed by atoms with van der Waals surface area (Å²) in [6.07, 6.45) is 14.1. The van der Waals surface area contributed by atoms with Gasteiger partial charge in [-0.05, 0) is 190 Å². The Labute approximate surface area is 523 Å². The van der Waals surface area contributed by atoms with Crippen molar-refractivity contribution in [2.75, 3.05) is 0 Å². The maximum atomic E-state index is 13.2. The van der Waals surface area contributed by atoms with Crippen LogP contribution in [0.25, 0.3) is 0 Å². The third-order valence-electron chi connectivity index (χ3n) is 18.8. The molecule has 6 aromatic carbocycles. The van der Waals surface area contributed by atoms with Crippen LogP contribution in [-0.4, -0.2) is 91.7 Å². The lowest BCUT2D eigenvalue weighted by molar-refractivity contribution is -0.123. The Bertz CT molecular complexity index is 4100. The van der Waals surface area contributed by atoms with Crippen LogP contribution >= 0.6 is 0 Å². The zero-order chi connectivity index (χ0) is 61.8. The van der Waals surface area contributed by atoms with Gasteiger partial charge < -0.3 is 14.2 Å². The minimum absolute atomic E-state index is 0. The first-order valence-electron chi connectivity index (χ1n) is 31.0. The van der Waals surface area contributed by atoms with Crippen molar-refractivity contribution in [1.29, 1.82) is 0 Å². The van der Waals surface area contributed by atoms with Crippen molar-refractivity contribution >= 4 is 52.8 Å². The first kappa shape index (κ1) is 60.6. The molecule has 4 atom stereocenters. The number of carbonyl (C=O) groups excluding carboxylic acids is 9. The molecular formula is C75H71N3O12. The molecule has 3 saturated carbocycles. The van der Waals surface area contributed by atoms with Crippen LogP contribution in [0.3, 0.4) is 0 Å². The maximum absolute atomic E-state index is 13.2. The first-order chi connectivity index (χ1) is 43.1. The molecule has 90 heavy (non-hydrogen) atoms. The molecule has 0 aromatic heterocycles. The number of ether oxygens (including phenoxy) is 3. The number of aryl methyl sites for hydroxylation is 5. The van der Waals surface area contributed by atoms with E-state index in [2.05, 4.69) is 44.0 Å². The van der Waals surface area contributed by atoms with Gasteiger partial charge in [0.25, 0.3) is 35.4 Å². The second kappa shape index (κ2) is 25.1. The molecule has 15 nitrogen and oxygen atoms in total. The van der Waals surface area contributed by atoms with Crippen LogP contribution in [-0.2, 0) is 52.9 Å². The standard InChI is InChI=1S/2C25H23NO4.C24H21NO4.CH4/c2*1-15-9-12-20(21(27)13-15)26-24(28)19-7-4-8-22(23(19)25(26)29)30-18-11-10-16-5-2-3-6-17(16)14-18;1-14-8-11-19(20(26)12-14)25-23(27)18-6-3-7-21(22(18)24(25)28)29-17-10-9-15-4-2-5-16(15)13-17;/h4,7-8,10-11,14,20H,1-3,5-6,9,12-13H2;2-8,18,20H,1,9-14H2;3,6-7,9-10,13,19H,1-2,4-5,8,11-12H2;1H4. The van der Waals surface area contributed by atoms with Gasteiger partial charge in [-0.1, -0.05) is 98.5 Å². The molecule has 15 heteroatoms. The molecule has 0 N–H and O–H groups in total. The van der Waals surface area contributed by atoms with Gasteiger partial charge in [-0.2, -0.15) is 0 Å². The predicted molar refractivity (Wildman–Crippen MR) is 337 cm³/mol. The van der Waals surface area contributed by atoms with Gasteiger partial charge in [0.2, 0.25) is 0 Å². The minimum atomic E-state index is -0.723. The zero-order valence-corrected chi connectivity index (χ0v) is 49.6. The van der Waals surface area contributed by atoms with Crippen LogP contribution in [0.15, 0.2) is 152 Å². The number of ketones is 3. The molecule has 9 aliphatic rings. The summed E-state index contributed by atoms with van der Waals surface area (Å²) in [6.45, 7) is 11.6. The first-order valence-corrected chi connectivity index (χ1v) is 31.0. The number of benzene rings is 6. The Morgan fingerprint density at radius 2 is 0.733 bits per heavy atom. The predicted octanol–water partition coefficient (Wildman–Crippen LogP) is 13.4. The minimum Gasteiger partial charge on any atom is -0.489 e. The summed E-state index contributed by atoms with van der Waals surface area (Å²) >= 11 is 0. The van der Waals surface area contributed by atoms with Crippen molar-refractivity contribution < 1.29 is 57.4 Å². The Balaban J connectivity index is 0.000000130. The molecule has 0 radical (unpaired) electrons. The highest BCUT2D eigenvalue weighted by molar-refractivity contribution is 6.26. The number of fused-ring (bicyclic) bond motifs is 6. The Hall–Kier alpha value is -9.63. The van der Waals surface area contributed by atoms with Crippen molar-refractivity contribution in [3.05, 3.63) is 218 Å². The maximum Gasteiger partial charge on any atom is 0.266 e. The average molecular weight is 1210 g/mol. The second-order valence-corrected chi connectivity index (χ2v) is 24.7. The fourth-order valence-corrected chi connectivity index (χ4v) is 14.2. The zero-order valence-electron chi connectivity index (χ0n) is 49.6. The molecule has 15 rings (SSSR count). The summed E-state index contributed by atoms with van der Waals surface area (Å²) in [5.41, 5.74) is 12.1. The van der Waals surface area contributed by atoms with Crippen molar-refractivity contribution in [3.63, 3.8) is 0 Å². The third kappa shape index (κ3) is 11.5. The molecule has 6 aliphatic carbocycles. The number of allylic oxidation sites excluding steroid dienone is 3. The lowest BCUT2D eigenvalue weighted by Gasteiger charge is -2.29. The van der Waals surface area contributed by atoms with E-state index < -0.39 is 53.6 Å². The lowest BCUT2D eigenvalue weighted by atomic mass is 9.89. The Kier molecular flexibility index (Phi) is 16.9. The summed E-state index contributed by atoms with van der Waals surface area (Å²) in [5, 5.41) is 0. The number of rotatable bonds is 9. The summed E-state index contributed by atoms with van der Waals surface area (Å²) < 4.78 is 18.4.